The maximum Gasteiger partial charge on any atom is 0.311 e. The molecule has 2 aliphatic carbocycles. The monoisotopic (exact) mass is 356 g/mol. The van der Waals surface area contributed by atoms with Gasteiger partial charge in [-0.25, -0.2) is 0 Å². The average Bonchev–Trinajstić information content (AvgIpc) is 2.39. The minimum Gasteiger partial charge on any atom is -0.481 e. The van der Waals surface area contributed by atoms with E-state index in [4.69, 9.17) is 69.6 Å². The lowest BCUT2D eigenvalue weighted by Crippen LogP contribution is -2.51. The number of allylic oxidation sites excluding steroid dienone is 2. The van der Waals surface area contributed by atoms with E-state index in [0.717, 1.165) is 0 Å². The van der Waals surface area contributed by atoms with Gasteiger partial charge in [0.25, 0.3) is 0 Å². The number of halogens is 6. The van der Waals surface area contributed by atoms with Crippen molar-refractivity contribution in [3.63, 3.8) is 0 Å². The molecule has 0 amide bonds. The fourth-order valence-electron chi connectivity index (χ4n) is 2.48. The third-order valence-electron chi connectivity index (χ3n) is 3.60. The van der Waals surface area contributed by atoms with Gasteiger partial charge in [-0.05, 0) is 13.3 Å². The topological polar surface area (TPSA) is 37.3 Å². The normalized spacial score (nSPS) is 47.7. The first-order valence-corrected chi connectivity index (χ1v) is 6.79. The van der Waals surface area contributed by atoms with Gasteiger partial charge in [0.05, 0.1) is 15.5 Å². The zero-order chi connectivity index (χ0) is 13.4. The molecule has 0 aromatic rings. The molecule has 2 bridgehead atoms. The molecule has 0 aromatic carbocycles. The maximum atomic E-state index is 11.4. The quantitative estimate of drug-likeness (QED) is 0.709. The van der Waals surface area contributed by atoms with Crippen molar-refractivity contribution in [3.05, 3.63) is 10.1 Å². The zero-order valence-electron chi connectivity index (χ0n) is 8.33. The SMILES string of the molecule is CC1(C(=O)O)CC2(Cl)C(Cl)=C(Cl)C1(Cl)C2(Cl)Cl. The van der Waals surface area contributed by atoms with Crippen LogP contribution in [-0.4, -0.2) is 25.2 Å². The number of carbonyl (C=O) groups is 1. The molecular weight excluding hydrogens is 353 g/mol. The van der Waals surface area contributed by atoms with E-state index in [2.05, 4.69) is 0 Å². The van der Waals surface area contributed by atoms with Gasteiger partial charge >= 0.3 is 5.97 Å². The summed E-state index contributed by atoms with van der Waals surface area (Å²) < 4.78 is -1.79. The van der Waals surface area contributed by atoms with Crippen LogP contribution in [0.4, 0.5) is 0 Å². The summed E-state index contributed by atoms with van der Waals surface area (Å²) in [6.07, 6.45) is -0.0948. The van der Waals surface area contributed by atoms with Gasteiger partial charge < -0.3 is 5.11 Å². The number of alkyl halides is 4. The highest BCUT2D eigenvalue weighted by molar-refractivity contribution is 6.66. The van der Waals surface area contributed by atoms with Crippen LogP contribution < -0.4 is 0 Å². The molecule has 96 valence electrons. The molecule has 2 aliphatic rings. The molecule has 2 rings (SSSR count). The molecule has 3 atom stereocenters. The fraction of sp³-hybridized carbons (Fsp3) is 0.667. The Morgan fingerprint density at radius 3 is 1.94 bits per heavy atom. The molecule has 0 saturated heterocycles. The van der Waals surface area contributed by atoms with Crippen LogP contribution in [0.3, 0.4) is 0 Å². The largest absolute Gasteiger partial charge is 0.481 e. The zero-order valence-corrected chi connectivity index (χ0v) is 12.9. The highest BCUT2D eigenvalue weighted by Gasteiger charge is 2.84. The average molecular weight is 359 g/mol. The van der Waals surface area contributed by atoms with E-state index >= 15 is 0 Å². The predicted octanol–water partition coefficient (Wildman–Crippen LogP) is 4.31. The lowest BCUT2D eigenvalue weighted by atomic mass is 9.76. The van der Waals surface area contributed by atoms with Gasteiger partial charge in [-0.3, -0.25) is 4.79 Å². The van der Waals surface area contributed by atoms with Crippen LogP contribution in [0.5, 0.6) is 0 Å². The number of aliphatic carboxylic acids is 1. The van der Waals surface area contributed by atoms with Crippen molar-refractivity contribution in [2.24, 2.45) is 5.41 Å². The maximum absolute atomic E-state index is 11.4. The minimum atomic E-state index is -1.79. The van der Waals surface area contributed by atoms with E-state index in [9.17, 15) is 9.90 Å². The number of rotatable bonds is 1. The molecule has 0 aliphatic heterocycles. The van der Waals surface area contributed by atoms with Crippen LogP contribution in [0.1, 0.15) is 13.3 Å². The van der Waals surface area contributed by atoms with Gasteiger partial charge in [-0.2, -0.15) is 0 Å². The van der Waals surface area contributed by atoms with Gasteiger partial charge in [-0.15, -0.1) is 23.2 Å². The molecule has 0 aromatic heterocycles. The number of hydrogen-bond donors (Lipinski definition) is 1. The van der Waals surface area contributed by atoms with Gasteiger partial charge in [0.1, 0.15) is 9.75 Å². The van der Waals surface area contributed by atoms with Crippen molar-refractivity contribution in [1.82, 2.24) is 0 Å². The molecule has 1 saturated carbocycles. The Balaban J connectivity index is 2.80. The molecule has 3 unspecified atom stereocenters. The molecular formula is C9H6Cl6O2. The van der Waals surface area contributed by atoms with Crippen molar-refractivity contribution < 1.29 is 9.90 Å². The second-order valence-corrected chi connectivity index (χ2v) is 7.77. The molecule has 0 radical (unpaired) electrons. The standard InChI is InChI=1S/C9H6Cl6O2/c1-6(5(16)17)2-7(12)3(10)4(11)8(6,13)9(7,14)15/h2H2,1H3,(H,16,17). The van der Waals surface area contributed by atoms with Gasteiger partial charge in [0.2, 0.25) is 0 Å². The summed E-state index contributed by atoms with van der Waals surface area (Å²) in [6, 6.07) is 0. The number of fused-ring (bicyclic) bond motifs is 2. The Labute approximate surface area is 128 Å². The van der Waals surface area contributed by atoms with Gasteiger partial charge in [0, 0.05) is 0 Å². The molecule has 8 heteroatoms. The lowest BCUT2D eigenvalue weighted by Gasteiger charge is -2.38. The van der Waals surface area contributed by atoms with Crippen molar-refractivity contribution in [1.29, 1.82) is 0 Å². The molecule has 0 heterocycles. The Hall–Kier alpha value is 0.950. The van der Waals surface area contributed by atoms with Crippen LogP contribution in [0.25, 0.3) is 0 Å². The summed E-state index contributed by atoms with van der Waals surface area (Å²) in [6.45, 7) is 1.40. The Bertz CT molecular complexity index is 460. The Kier molecular flexibility index (Phi) is 2.98. The van der Waals surface area contributed by atoms with E-state index in [0.29, 0.717) is 0 Å². The summed E-state index contributed by atoms with van der Waals surface area (Å²) in [5.41, 5.74) is -1.49. The summed E-state index contributed by atoms with van der Waals surface area (Å²) in [5, 5.41) is 9.24. The van der Waals surface area contributed by atoms with E-state index < -0.39 is 25.5 Å². The van der Waals surface area contributed by atoms with Crippen molar-refractivity contribution in [3.8, 4) is 0 Å². The Morgan fingerprint density at radius 1 is 1.18 bits per heavy atom. The number of carboxylic acids is 1. The molecule has 1 fully saturated rings. The summed E-state index contributed by atoms with van der Waals surface area (Å²) in [5.74, 6) is -1.18. The highest BCUT2D eigenvalue weighted by atomic mass is 35.5. The van der Waals surface area contributed by atoms with Crippen molar-refractivity contribution >= 4 is 75.6 Å². The van der Waals surface area contributed by atoms with E-state index in [1.54, 1.807) is 0 Å². The van der Waals surface area contributed by atoms with Crippen molar-refractivity contribution in [2.75, 3.05) is 0 Å². The molecule has 17 heavy (non-hydrogen) atoms. The van der Waals surface area contributed by atoms with Crippen LogP contribution in [0.15, 0.2) is 10.1 Å². The first-order valence-electron chi connectivity index (χ1n) is 4.52. The second-order valence-electron chi connectivity index (χ2n) is 4.48. The van der Waals surface area contributed by atoms with Crippen LogP contribution in [0, 0.1) is 5.41 Å². The summed E-state index contributed by atoms with van der Waals surface area (Å²) >= 11 is 36.9. The van der Waals surface area contributed by atoms with Crippen LogP contribution >= 0.6 is 69.6 Å². The molecule has 0 spiro atoms. The first kappa shape index (κ1) is 14.4. The number of carboxylic acid groups (broad SMARTS) is 1. The van der Waals surface area contributed by atoms with E-state index in [1.807, 2.05) is 0 Å². The fourth-order valence-corrected chi connectivity index (χ4v) is 5.52. The minimum absolute atomic E-state index is 0.0135. The van der Waals surface area contributed by atoms with Crippen molar-refractivity contribution in [2.45, 2.75) is 27.4 Å². The first-order chi connectivity index (χ1) is 7.47. The van der Waals surface area contributed by atoms with Crippen LogP contribution in [-0.2, 0) is 4.79 Å². The van der Waals surface area contributed by atoms with Crippen LogP contribution in [0.2, 0.25) is 0 Å². The second kappa shape index (κ2) is 3.53. The summed E-state index contributed by atoms with van der Waals surface area (Å²) in [7, 11) is 0. The predicted molar refractivity (Wildman–Crippen MR) is 70.7 cm³/mol. The van der Waals surface area contributed by atoms with E-state index in [-0.39, 0.29) is 16.5 Å². The smallest absolute Gasteiger partial charge is 0.311 e. The molecule has 1 N–H and O–H groups in total. The molecule has 2 nitrogen and oxygen atoms in total. The lowest BCUT2D eigenvalue weighted by molar-refractivity contribution is -0.148. The van der Waals surface area contributed by atoms with Gasteiger partial charge in [-0.1, -0.05) is 46.4 Å². The van der Waals surface area contributed by atoms with Gasteiger partial charge in [0.15, 0.2) is 4.33 Å². The van der Waals surface area contributed by atoms with E-state index in [1.165, 1.54) is 6.92 Å². The highest BCUT2D eigenvalue weighted by Crippen LogP contribution is 2.77. The third kappa shape index (κ3) is 1.21. The summed E-state index contributed by atoms with van der Waals surface area (Å²) in [4.78, 5) is 8.19. The Morgan fingerprint density at radius 2 is 1.65 bits per heavy atom. The third-order valence-corrected chi connectivity index (χ3v) is 7.97. The number of hydrogen-bond acceptors (Lipinski definition) is 1.